The number of carbonyl (C=O) groups excluding carboxylic acids is 1. The van der Waals surface area contributed by atoms with E-state index in [1.807, 2.05) is 6.26 Å². The lowest BCUT2D eigenvalue weighted by Gasteiger charge is -2.12. The third-order valence-corrected chi connectivity index (χ3v) is 4.63. The first kappa shape index (κ1) is 18.6. The van der Waals surface area contributed by atoms with Gasteiger partial charge in [-0.2, -0.15) is 0 Å². The molecule has 9 heteroatoms. The summed E-state index contributed by atoms with van der Waals surface area (Å²) in [6, 6.07) is 10.2. The molecule has 3 aromatic rings. The Morgan fingerprint density at radius 2 is 1.96 bits per heavy atom. The molecule has 2 aromatic carbocycles. The van der Waals surface area contributed by atoms with Gasteiger partial charge in [-0.25, -0.2) is 9.37 Å². The molecule has 0 aliphatic rings. The highest BCUT2D eigenvalue weighted by atomic mass is 32.2. The van der Waals surface area contributed by atoms with E-state index in [0.717, 1.165) is 0 Å². The summed E-state index contributed by atoms with van der Waals surface area (Å²) in [5, 5.41) is 14.3. The predicted octanol–water partition coefficient (Wildman–Crippen LogP) is 4.20. The maximum atomic E-state index is 13.2. The molecule has 0 fully saturated rings. The maximum absolute atomic E-state index is 13.2. The van der Waals surface area contributed by atoms with Gasteiger partial charge in [0.05, 0.1) is 22.4 Å². The smallest absolute Gasteiger partial charge is 0.274 e. The van der Waals surface area contributed by atoms with Crippen LogP contribution in [0.2, 0.25) is 0 Å². The molecule has 0 unspecified atom stereocenters. The highest BCUT2D eigenvalue weighted by Crippen LogP contribution is 2.27. The van der Waals surface area contributed by atoms with Crippen molar-refractivity contribution < 1.29 is 14.1 Å². The highest BCUT2D eigenvalue weighted by Gasteiger charge is 2.20. The Balaban J connectivity index is 1.99. The minimum absolute atomic E-state index is 0.0790. The van der Waals surface area contributed by atoms with Gasteiger partial charge in [0.2, 0.25) is 0 Å². The molecule has 3 rings (SSSR count). The fourth-order valence-corrected chi connectivity index (χ4v) is 3.17. The average Bonchev–Trinajstić information content (AvgIpc) is 3.08. The van der Waals surface area contributed by atoms with Crippen molar-refractivity contribution in [2.45, 2.75) is 12.1 Å². The SMILES string of the molecule is CSc1ncc(C(=O)Nc2cccc([N+](=O)[O-])c2C)n1-c1ccc(F)cc1. The lowest BCUT2D eigenvalue weighted by atomic mass is 10.1. The number of amides is 1. The van der Waals surface area contributed by atoms with Crippen molar-refractivity contribution >= 4 is 29.0 Å². The van der Waals surface area contributed by atoms with Crippen LogP contribution in [0.3, 0.4) is 0 Å². The van der Waals surface area contributed by atoms with Crippen molar-refractivity contribution in [3.63, 3.8) is 0 Å². The molecule has 0 saturated carbocycles. The van der Waals surface area contributed by atoms with Gasteiger partial charge in [0, 0.05) is 11.8 Å². The van der Waals surface area contributed by atoms with E-state index < -0.39 is 10.8 Å². The standard InChI is InChI=1S/C18H15FN4O3S/c1-11-14(4-3-5-15(11)23(25)26)21-17(24)16-10-20-18(27-2)22(16)13-8-6-12(19)7-9-13/h3-10H,1-2H3,(H,21,24). The van der Waals surface area contributed by atoms with E-state index in [0.29, 0.717) is 22.1 Å². The molecule has 1 aromatic heterocycles. The Bertz CT molecular complexity index is 1020. The van der Waals surface area contributed by atoms with Crippen LogP contribution in [0.15, 0.2) is 53.8 Å². The molecule has 27 heavy (non-hydrogen) atoms. The van der Waals surface area contributed by atoms with Crippen LogP contribution >= 0.6 is 11.8 Å². The van der Waals surface area contributed by atoms with Crippen LogP contribution in [0.5, 0.6) is 0 Å². The quantitative estimate of drug-likeness (QED) is 0.403. The third kappa shape index (κ3) is 3.68. The molecule has 1 heterocycles. The van der Waals surface area contributed by atoms with E-state index in [9.17, 15) is 19.3 Å². The van der Waals surface area contributed by atoms with Crippen LogP contribution in [-0.2, 0) is 0 Å². The molecule has 0 atom stereocenters. The van der Waals surface area contributed by atoms with E-state index in [-0.39, 0.29) is 17.2 Å². The normalized spacial score (nSPS) is 10.6. The molecule has 0 bridgehead atoms. The molecule has 0 aliphatic carbocycles. The van der Waals surface area contributed by atoms with Crippen molar-refractivity contribution in [2.75, 3.05) is 11.6 Å². The number of benzene rings is 2. The summed E-state index contributed by atoms with van der Waals surface area (Å²) in [6.07, 6.45) is 3.23. The highest BCUT2D eigenvalue weighted by molar-refractivity contribution is 7.98. The molecule has 138 valence electrons. The van der Waals surface area contributed by atoms with Crippen LogP contribution in [0, 0.1) is 22.9 Å². The summed E-state index contributed by atoms with van der Waals surface area (Å²) in [6.45, 7) is 1.57. The fourth-order valence-electron chi connectivity index (χ4n) is 2.62. The Morgan fingerprint density at radius 3 is 2.59 bits per heavy atom. The summed E-state index contributed by atoms with van der Waals surface area (Å²) in [5.41, 5.74) is 1.43. The van der Waals surface area contributed by atoms with Gasteiger partial charge in [0.25, 0.3) is 11.6 Å². The lowest BCUT2D eigenvalue weighted by molar-refractivity contribution is -0.385. The maximum Gasteiger partial charge on any atom is 0.274 e. The van der Waals surface area contributed by atoms with Crippen LogP contribution < -0.4 is 5.32 Å². The van der Waals surface area contributed by atoms with Gasteiger partial charge in [-0.3, -0.25) is 19.5 Å². The van der Waals surface area contributed by atoms with Crippen molar-refractivity contribution in [3.05, 3.63) is 75.9 Å². The number of imidazole rings is 1. The molecule has 1 amide bonds. The minimum atomic E-state index is -0.500. The Kier molecular flexibility index (Phi) is 5.22. The largest absolute Gasteiger partial charge is 0.320 e. The average molecular weight is 386 g/mol. The number of nitrogens with zero attached hydrogens (tertiary/aromatic N) is 3. The van der Waals surface area contributed by atoms with Gasteiger partial charge in [0.15, 0.2) is 5.16 Å². The summed E-state index contributed by atoms with van der Waals surface area (Å²) in [7, 11) is 0. The summed E-state index contributed by atoms with van der Waals surface area (Å²) in [5.74, 6) is -0.862. The Labute approximate surface area is 158 Å². The van der Waals surface area contributed by atoms with Gasteiger partial charge >= 0.3 is 0 Å². The monoisotopic (exact) mass is 386 g/mol. The first-order valence-corrected chi connectivity index (χ1v) is 9.08. The number of carbonyl (C=O) groups is 1. The topological polar surface area (TPSA) is 90.1 Å². The molecule has 0 radical (unpaired) electrons. The Hall–Kier alpha value is -3.20. The van der Waals surface area contributed by atoms with Crippen LogP contribution in [0.4, 0.5) is 15.8 Å². The number of nitrogens with one attached hydrogen (secondary N) is 1. The number of hydrogen-bond acceptors (Lipinski definition) is 5. The van der Waals surface area contributed by atoms with E-state index in [2.05, 4.69) is 10.3 Å². The van der Waals surface area contributed by atoms with Gasteiger partial charge < -0.3 is 5.32 Å². The fraction of sp³-hybridized carbons (Fsp3) is 0.111. The number of nitro groups is 1. The predicted molar refractivity (Wildman–Crippen MR) is 101 cm³/mol. The van der Waals surface area contributed by atoms with Crippen LogP contribution in [0.1, 0.15) is 16.1 Å². The molecular formula is C18H15FN4O3S. The second-order valence-electron chi connectivity index (χ2n) is 5.60. The van der Waals surface area contributed by atoms with Gasteiger partial charge in [-0.05, 0) is 43.5 Å². The third-order valence-electron chi connectivity index (χ3n) is 3.98. The molecule has 0 saturated heterocycles. The zero-order valence-corrected chi connectivity index (χ0v) is 15.3. The molecule has 1 N–H and O–H groups in total. The van der Waals surface area contributed by atoms with Crippen molar-refractivity contribution in [1.29, 1.82) is 0 Å². The number of nitro benzene ring substituents is 1. The zero-order chi connectivity index (χ0) is 19.6. The van der Waals surface area contributed by atoms with E-state index in [1.54, 1.807) is 29.7 Å². The number of hydrogen-bond donors (Lipinski definition) is 1. The van der Waals surface area contributed by atoms with Gasteiger partial charge in [-0.1, -0.05) is 17.8 Å². The summed E-state index contributed by atoms with van der Waals surface area (Å²) in [4.78, 5) is 27.6. The van der Waals surface area contributed by atoms with Crippen molar-refractivity contribution in [3.8, 4) is 5.69 Å². The van der Waals surface area contributed by atoms with Crippen molar-refractivity contribution in [2.24, 2.45) is 0 Å². The number of rotatable bonds is 5. The minimum Gasteiger partial charge on any atom is -0.320 e. The number of halogens is 1. The summed E-state index contributed by atoms with van der Waals surface area (Å²) < 4.78 is 14.8. The van der Waals surface area contributed by atoms with Crippen LogP contribution in [0.25, 0.3) is 5.69 Å². The number of aromatic nitrogens is 2. The second kappa shape index (κ2) is 7.58. The van der Waals surface area contributed by atoms with Gasteiger partial charge in [0.1, 0.15) is 11.5 Å². The second-order valence-corrected chi connectivity index (χ2v) is 6.38. The number of anilines is 1. The molecular weight excluding hydrogens is 371 g/mol. The number of thioether (sulfide) groups is 1. The molecule has 7 nitrogen and oxygen atoms in total. The molecule has 0 aliphatic heterocycles. The zero-order valence-electron chi connectivity index (χ0n) is 14.5. The molecule has 0 spiro atoms. The van der Waals surface area contributed by atoms with E-state index in [1.165, 1.54) is 42.2 Å². The van der Waals surface area contributed by atoms with E-state index >= 15 is 0 Å². The Morgan fingerprint density at radius 1 is 1.26 bits per heavy atom. The summed E-state index contributed by atoms with van der Waals surface area (Å²) >= 11 is 1.34. The first-order valence-electron chi connectivity index (χ1n) is 7.85. The first-order chi connectivity index (χ1) is 12.9. The van der Waals surface area contributed by atoms with E-state index in [4.69, 9.17) is 0 Å². The van der Waals surface area contributed by atoms with Crippen molar-refractivity contribution in [1.82, 2.24) is 9.55 Å². The van der Waals surface area contributed by atoms with Gasteiger partial charge in [-0.15, -0.1) is 0 Å². The lowest BCUT2D eigenvalue weighted by Crippen LogP contribution is -2.17. The van der Waals surface area contributed by atoms with Crippen LogP contribution in [-0.4, -0.2) is 26.6 Å².